The Morgan fingerprint density at radius 2 is 2.07 bits per heavy atom. The van der Waals surface area contributed by atoms with Crippen LogP contribution in [0.3, 0.4) is 0 Å². The molecule has 4 rings (SSSR count). The predicted molar refractivity (Wildman–Crippen MR) is 116 cm³/mol. The van der Waals surface area contributed by atoms with E-state index in [0.29, 0.717) is 18.2 Å². The molecule has 30 heavy (non-hydrogen) atoms. The maximum absolute atomic E-state index is 12.9. The van der Waals surface area contributed by atoms with Crippen molar-refractivity contribution in [2.45, 2.75) is 51.1 Å². The second-order valence-corrected chi connectivity index (χ2v) is 8.25. The van der Waals surface area contributed by atoms with E-state index in [1.54, 1.807) is 0 Å². The first-order chi connectivity index (χ1) is 14.6. The second kappa shape index (κ2) is 8.92. The highest BCUT2D eigenvalue weighted by molar-refractivity contribution is 6.00. The Morgan fingerprint density at radius 3 is 2.83 bits per heavy atom. The van der Waals surface area contributed by atoms with Gasteiger partial charge in [0, 0.05) is 35.5 Å². The smallest absolute Gasteiger partial charge is 0.251 e. The van der Waals surface area contributed by atoms with Gasteiger partial charge in [0.25, 0.3) is 5.91 Å². The lowest BCUT2D eigenvalue weighted by atomic mass is 9.93. The maximum Gasteiger partial charge on any atom is 0.251 e. The number of para-hydroxylation sites is 1. The minimum atomic E-state index is -0.567. The summed E-state index contributed by atoms with van der Waals surface area (Å²) in [4.78, 5) is 28.8. The van der Waals surface area contributed by atoms with E-state index in [1.807, 2.05) is 25.1 Å². The summed E-state index contributed by atoms with van der Waals surface area (Å²) >= 11 is 0. The lowest BCUT2D eigenvalue weighted by Gasteiger charge is -2.26. The van der Waals surface area contributed by atoms with Crippen molar-refractivity contribution >= 4 is 22.7 Å². The van der Waals surface area contributed by atoms with Gasteiger partial charge in [0.2, 0.25) is 5.91 Å². The summed E-state index contributed by atoms with van der Waals surface area (Å²) in [5, 5.41) is 10.6. The van der Waals surface area contributed by atoms with Gasteiger partial charge in [-0.3, -0.25) is 9.59 Å². The summed E-state index contributed by atoms with van der Waals surface area (Å²) in [7, 11) is 1.49. The van der Waals surface area contributed by atoms with Crippen molar-refractivity contribution < 1.29 is 14.3 Å². The van der Waals surface area contributed by atoms with Crippen LogP contribution in [-0.4, -0.2) is 43.1 Å². The van der Waals surface area contributed by atoms with Crippen molar-refractivity contribution in [2.24, 2.45) is 0 Å². The van der Waals surface area contributed by atoms with Gasteiger partial charge in [0.15, 0.2) is 0 Å². The molecule has 1 fully saturated rings. The van der Waals surface area contributed by atoms with Crippen LogP contribution in [0.4, 0.5) is 0 Å². The Kier molecular flexibility index (Phi) is 6.08. The third kappa shape index (κ3) is 4.21. The number of hydrogen-bond acceptors (Lipinski definition) is 4. The van der Waals surface area contributed by atoms with Crippen molar-refractivity contribution in [3.8, 4) is 0 Å². The molecule has 0 spiro atoms. The summed E-state index contributed by atoms with van der Waals surface area (Å²) < 4.78 is 5.02. The maximum atomic E-state index is 12.9. The van der Waals surface area contributed by atoms with Crippen LogP contribution in [0, 0.1) is 6.92 Å². The Balaban J connectivity index is 1.76. The number of aromatic nitrogens is 1. The van der Waals surface area contributed by atoms with E-state index >= 15 is 0 Å². The fourth-order valence-corrected chi connectivity index (χ4v) is 4.62. The normalized spacial score (nSPS) is 18.5. The number of carbonyl (C=O) groups excluding carboxylic acids is 2. The summed E-state index contributed by atoms with van der Waals surface area (Å²) in [5.74, 6) is -0.400. The molecule has 1 aromatic carbocycles. The molecule has 0 saturated heterocycles. The number of amides is 2. The number of benzene rings is 1. The lowest BCUT2D eigenvalue weighted by molar-refractivity contribution is -0.125. The first-order valence-corrected chi connectivity index (χ1v) is 10.7. The van der Waals surface area contributed by atoms with E-state index in [4.69, 9.17) is 4.74 Å². The number of hydrogen-bond donors (Lipinski definition) is 4. The van der Waals surface area contributed by atoms with Crippen LogP contribution >= 0.6 is 0 Å². The molecular weight excluding hydrogens is 380 g/mol. The van der Waals surface area contributed by atoms with Gasteiger partial charge >= 0.3 is 0 Å². The molecule has 7 heteroatoms. The molecule has 2 aromatic rings. The molecular formula is C23H30N4O3. The van der Waals surface area contributed by atoms with E-state index in [2.05, 4.69) is 27.0 Å². The SMILES string of the molecule is COCC(=O)NC(C1=C(NC2CCCCC2)CNC1=O)c1cccc2cc(C)[nH]c12. The molecule has 1 aliphatic heterocycles. The number of methoxy groups -OCH3 is 1. The molecule has 1 aromatic heterocycles. The van der Waals surface area contributed by atoms with Gasteiger partial charge in [-0.1, -0.05) is 37.5 Å². The van der Waals surface area contributed by atoms with Crippen LogP contribution in [0.2, 0.25) is 0 Å². The molecule has 2 heterocycles. The number of aromatic amines is 1. The van der Waals surface area contributed by atoms with E-state index in [-0.39, 0.29) is 18.4 Å². The average molecular weight is 411 g/mol. The molecule has 1 atom stereocenters. The molecule has 1 aliphatic carbocycles. The highest BCUT2D eigenvalue weighted by Gasteiger charge is 2.34. The molecule has 7 nitrogen and oxygen atoms in total. The van der Waals surface area contributed by atoms with Gasteiger partial charge in [-0.25, -0.2) is 0 Å². The Morgan fingerprint density at radius 1 is 1.27 bits per heavy atom. The van der Waals surface area contributed by atoms with Gasteiger partial charge in [-0.15, -0.1) is 0 Å². The molecule has 0 radical (unpaired) electrons. The zero-order chi connectivity index (χ0) is 21.1. The van der Waals surface area contributed by atoms with Crippen LogP contribution in [0.15, 0.2) is 35.5 Å². The third-order valence-corrected chi connectivity index (χ3v) is 5.98. The van der Waals surface area contributed by atoms with Crippen LogP contribution < -0.4 is 16.0 Å². The zero-order valence-corrected chi connectivity index (χ0v) is 17.6. The van der Waals surface area contributed by atoms with Gasteiger partial charge in [-0.05, 0) is 25.8 Å². The molecule has 4 N–H and O–H groups in total. The Bertz CT molecular complexity index is 972. The van der Waals surface area contributed by atoms with E-state index < -0.39 is 6.04 Å². The van der Waals surface area contributed by atoms with E-state index in [1.165, 1.54) is 26.4 Å². The van der Waals surface area contributed by atoms with Crippen LogP contribution in [0.25, 0.3) is 10.9 Å². The van der Waals surface area contributed by atoms with Gasteiger partial charge in [0.05, 0.1) is 23.7 Å². The molecule has 1 saturated carbocycles. The first-order valence-electron chi connectivity index (χ1n) is 10.7. The number of H-pyrrole nitrogens is 1. The summed E-state index contributed by atoms with van der Waals surface area (Å²) in [6, 6.07) is 7.82. The summed E-state index contributed by atoms with van der Waals surface area (Å²) in [5.41, 5.74) is 4.31. The van der Waals surface area contributed by atoms with Crippen molar-refractivity contribution in [3.63, 3.8) is 0 Å². The van der Waals surface area contributed by atoms with Crippen molar-refractivity contribution in [1.82, 2.24) is 20.9 Å². The van der Waals surface area contributed by atoms with Gasteiger partial charge < -0.3 is 25.7 Å². The van der Waals surface area contributed by atoms with E-state index in [0.717, 1.165) is 40.7 Å². The first kappa shape index (κ1) is 20.5. The fraction of sp³-hybridized carbons (Fsp3) is 0.478. The van der Waals surface area contributed by atoms with Crippen molar-refractivity contribution in [1.29, 1.82) is 0 Å². The topological polar surface area (TPSA) is 95.2 Å². The van der Waals surface area contributed by atoms with Gasteiger partial charge in [-0.2, -0.15) is 0 Å². The van der Waals surface area contributed by atoms with Crippen LogP contribution in [0.5, 0.6) is 0 Å². The zero-order valence-electron chi connectivity index (χ0n) is 17.6. The number of nitrogens with one attached hydrogen (secondary N) is 4. The molecule has 2 aliphatic rings. The number of fused-ring (bicyclic) bond motifs is 1. The predicted octanol–water partition coefficient (Wildman–Crippen LogP) is 2.59. The Labute approximate surface area is 176 Å². The van der Waals surface area contributed by atoms with E-state index in [9.17, 15) is 9.59 Å². The molecule has 160 valence electrons. The summed E-state index contributed by atoms with van der Waals surface area (Å²) in [6.07, 6.45) is 5.90. The quantitative estimate of drug-likeness (QED) is 0.564. The average Bonchev–Trinajstić information content (AvgIpc) is 3.29. The number of aryl methyl sites for hydroxylation is 1. The Hall–Kier alpha value is -2.80. The fourth-order valence-electron chi connectivity index (χ4n) is 4.62. The molecule has 1 unspecified atom stereocenters. The standard InChI is InChI=1S/C23H30N4O3/c1-14-11-15-7-6-10-17(21(15)25-14)22(27-19(28)13-30-2)20-18(12-24-23(20)29)26-16-8-4-3-5-9-16/h6-7,10-11,16,22,25-26H,3-5,8-9,12-13H2,1-2H3,(H,24,29)(H,27,28). The minimum absolute atomic E-state index is 0.0590. The molecule has 0 bridgehead atoms. The third-order valence-electron chi connectivity index (χ3n) is 5.98. The van der Waals surface area contributed by atoms with Crippen LogP contribution in [0.1, 0.15) is 49.4 Å². The second-order valence-electron chi connectivity index (χ2n) is 8.25. The highest BCUT2D eigenvalue weighted by atomic mass is 16.5. The van der Waals surface area contributed by atoms with Crippen molar-refractivity contribution in [2.75, 3.05) is 20.3 Å². The number of carbonyl (C=O) groups is 2. The minimum Gasteiger partial charge on any atom is -0.384 e. The van der Waals surface area contributed by atoms with Crippen LogP contribution in [-0.2, 0) is 14.3 Å². The largest absolute Gasteiger partial charge is 0.384 e. The van der Waals surface area contributed by atoms with Crippen molar-refractivity contribution in [3.05, 3.63) is 46.8 Å². The lowest BCUT2D eigenvalue weighted by Crippen LogP contribution is -2.36. The highest BCUT2D eigenvalue weighted by Crippen LogP contribution is 2.32. The van der Waals surface area contributed by atoms with Gasteiger partial charge in [0.1, 0.15) is 6.61 Å². The molecule has 2 amide bonds. The number of rotatable bonds is 7. The monoisotopic (exact) mass is 410 g/mol. The summed E-state index contributed by atoms with van der Waals surface area (Å²) in [6.45, 7) is 2.40. The number of ether oxygens (including phenoxy) is 1.